The Morgan fingerprint density at radius 2 is 1.96 bits per heavy atom. The van der Waals surface area contributed by atoms with Gasteiger partial charge in [-0.2, -0.15) is 10.2 Å². The van der Waals surface area contributed by atoms with Crippen LogP contribution < -0.4 is 5.32 Å². The number of aromatic nitrogens is 4. The van der Waals surface area contributed by atoms with Crippen molar-refractivity contribution in [3.8, 4) is 0 Å². The quantitative estimate of drug-likeness (QED) is 0.676. The molecule has 9 heteroatoms. The highest BCUT2D eigenvalue weighted by atomic mass is 35.5. The molecule has 0 aliphatic rings. The maximum Gasteiger partial charge on any atom is 0.260 e. The third kappa shape index (κ3) is 3.84. The summed E-state index contributed by atoms with van der Waals surface area (Å²) in [5.41, 5.74) is 2.17. The van der Waals surface area contributed by atoms with E-state index >= 15 is 0 Å². The van der Waals surface area contributed by atoms with Crippen molar-refractivity contribution in [3.63, 3.8) is 0 Å². The standard InChI is InChI=1S/C18H18Cl2FN5O/c1-4-26-11(3)16(10(2)23-26)18(27)22-17-14(20)9-25(24-17)8-12-13(19)6-5-7-15(12)21/h5-7,9H,4,8H2,1-3H3,(H,22,24,27). The molecule has 0 radical (unpaired) electrons. The second kappa shape index (κ2) is 7.70. The third-order valence-electron chi connectivity index (χ3n) is 4.24. The van der Waals surface area contributed by atoms with Gasteiger partial charge in [0.15, 0.2) is 5.82 Å². The largest absolute Gasteiger partial charge is 0.304 e. The highest BCUT2D eigenvalue weighted by molar-refractivity contribution is 6.33. The van der Waals surface area contributed by atoms with Crippen molar-refractivity contribution in [2.75, 3.05) is 5.32 Å². The molecule has 2 heterocycles. The van der Waals surface area contributed by atoms with Gasteiger partial charge in [0.2, 0.25) is 0 Å². The maximum absolute atomic E-state index is 14.0. The summed E-state index contributed by atoms with van der Waals surface area (Å²) in [6.07, 6.45) is 1.51. The van der Waals surface area contributed by atoms with Gasteiger partial charge in [0.1, 0.15) is 10.8 Å². The van der Waals surface area contributed by atoms with E-state index < -0.39 is 5.82 Å². The summed E-state index contributed by atoms with van der Waals surface area (Å²) >= 11 is 12.2. The fourth-order valence-corrected chi connectivity index (χ4v) is 3.33. The van der Waals surface area contributed by atoms with Gasteiger partial charge in [0.05, 0.1) is 17.8 Å². The first-order chi connectivity index (χ1) is 12.8. The minimum absolute atomic E-state index is 0.0902. The van der Waals surface area contributed by atoms with Crippen molar-refractivity contribution < 1.29 is 9.18 Å². The molecule has 0 saturated carbocycles. The summed E-state index contributed by atoms with van der Waals surface area (Å²) < 4.78 is 17.1. The van der Waals surface area contributed by atoms with Crippen LogP contribution in [0.15, 0.2) is 24.4 Å². The fraction of sp³-hybridized carbons (Fsp3) is 0.278. The highest BCUT2D eigenvalue weighted by Crippen LogP contribution is 2.24. The van der Waals surface area contributed by atoms with E-state index in [1.165, 1.54) is 23.0 Å². The van der Waals surface area contributed by atoms with Gasteiger partial charge in [0, 0.05) is 29.0 Å². The lowest BCUT2D eigenvalue weighted by molar-refractivity contribution is 0.102. The Balaban J connectivity index is 1.83. The van der Waals surface area contributed by atoms with Gasteiger partial charge in [-0.15, -0.1) is 0 Å². The van der Waals surface area contributed by atoms with Crippen LogP contribution >= 0.6 is 23.2 Å². The number of benzene rings is 1. The van der Waals surface area contributed by atoms with Crippen molar-refractivity contribution in [1.29, 1.82) is 0 Å². The molecule has 3 rings (SSSR count). The summed E-state index contributed by atoms with van der Waals surface area (Å²) in [5, 5.41) is 11.8. The number of nitrogens with one attached hydrogen (secondary N) is 1. The molecule has 27 heavy (non-hydrogen) atoms. The van der Waals surface area contributed by atoms with E-state index in [1.807, 2.05) is 13.8 Å². The summed E-state index contributed by atoms with van der Waals surface area (Å²) in [4.78, 5) is 12.7. The van der Waals surface area contributed by atoms with Crippen molar-refractivity contribution in [2.45, 2.75) is 33.9 Å². The van der Waals surface area contributed by atoms with Crippen LogP contribution in [-0.4, -0.2) is 25.5 Å². The molecule has 0 aliphatic heterocycles. The van der Waals surface area contributed by atoms with Crippen molar-refractivity contribution in [2.24, 2.45) is 0 Å². The monoisotopic (exact) mass is 409 g/mol. The number of halogens is 3. The fourth-order valence-electron chi connectivity index (χ4n) is 2.91. The molecule has 142 valence electrons. The summed E-state index contributed by atoms with van der Waals surface area (Å²) in [7, 11) is 0. The van der Waals surface area contributed by atoms with E-state index in [0.29, 0.717) is 28.4 Å². The van der Waals surface area contributed by atoms with Gasteiger partial charge < -0.3 is 5.32 Å². The molecule has 0 atom stereocenters. The van der Waals surface area contributed by atoms with Crippen LogP contribution in [0.25, 0.3) is 0 Å². The molecule has 2 aromatic heterocycles. The zero-order valence-corrected chi connectivity index (χ0v) is 16.6. The van der Waals surface area contributed by atoms with Gasteiger partial charge in [-0.1, -0.05) is 29.3 Å². The van der Waals surface area contributed by atoms with E-state index in [9.17, 15) is 9.18 Å². The van der Waals surface area contributed by atoms with E-state index in [0.717, 1.165) is 5.69 Å². The zero-order chi connectivity index (χ0) is 19.7. The summed E-state index contributed by atoms with van der Waals surface area (Å²) in [6.45, 7) is 6.31. The molecule has 1 aromatic carbocycles. The predicted octanol–water partition coefficient (Wildman–Crippen LogP) is 4.46. The molecule has 1 amide bonds. The van der Waals surface area contributed by atoms with E-state index in [1.54, 1.807) is 17.7 Å². The molecule has 0 fully saturated rings. The number of aryl methyl sites for hydroxylation is 2. The molecule has 1 N–H and O–H groups in total. The van der Waals surface area contributed by atoms with Crippen molar-refractivity contribution in [3.05, 3.63) is 62.8 Å². The third-order valence-corrected chi connectivity index (χ3v) is 4.87. The summed E-state index contributed by atoms with van der Waals surface area (Å²) in [5.74, 6) is -0.587. The topological polar surface area (TPSA) is 64.7 Å². The van der Waals surface area contributed by atoms with Gasteiger partial charge >= 0.3 is 0 Å². The Morgan fingerprint density at radius 3 is 2.59 bits per heavy atom. The highest BCUT2D eigenvalue weighted by Gasteiger charge is 2.20. The number of hydrogen-bond donors (Lipinski definition) is 1. The van der Waals surface area contributed by atoms with Crippen LogP contribution in [0.4, 0.5) is 10.2 Å². The van der Waals surface area contributed by atoms with Crippen LogP contribution in [0, 0.1) is 19.7 Å². The van der Waals surface area contributed by atoms with E-state index in [4.69, 9.17) is 23.2 Å². The van der Waals surface area contributed by atoms with Crippen LogP contribution in [0.3, 0.4) is 0 Å². The lowest BCUT2D eigenvalue weighted by Gasteiger charge is -2.06. The Hall–Kier alpha value is -2.38. The maximum atomic E-state index is 14.0. The Kier molecular flexibility index (Phi) is 5.53. The molecule has 0 unspecified atom stereocenters. The number of rotatable bonds is 5. The smallest absolute Gasteiger partial charge is 0.260 e. The van der Waals surface area contributed by atoms with Crippen LogP contribution in [0.5, 0.6) is 0 Å². The molecule has 0 aliphatic carbocycles. The molecular formula is C18H18Cl2FN5O. The summed E-state index contributed by atoms with van der Waals surface area (Å²) in [6, 6.07) is 4.46. The number of amides is 1. The zero-order valence-electron chi connectivity index (χ0n) is 15.1. The van der Waals surface area contributed by atoms with Gasteiger partial charge in [-0.25, -0.2) is 4.39 Å². The Bertz CT molecular complexity index is 991. The van der Waals surface area contributed by atoms with E-state index in [-0.39, 0.29) is 23.3 Å². The number of carbonyl (C=O) groups is 1. The molecule has 3 aromatic rings. The molecule has 0 spiro atoms. The molecular weight excluding hydrogens is 392 g/mol. The van der Waals surface area contributed by atoms with Crippen LogP contribution in [0.1, 0.15) is 34.2 Å². The van der Waals surface area contributed by atoms with Crippen molar-refractivity contribution >= 4 is 34.9 Å². The number of hydrogen-bond acceptors (Lipinski definition) is 3. The average Bonchev–Trinajstić information content (AvgIpc) is 3.09. The number of anilines is 1. The van der Waals surface area contributed by atoms with Crippen molar-refractivity contribution in [1.82, 2.24) is 19.6 Å². The Labute approximate surface area is 165 Å². The van der Waals surface area contributed by atoms with Gasteiger partial charge in [-0.05, 0) is 32.9 Å². The Morgan fingerprint density at radius 1 is 1.22 bits per heavy atom. The molecule has 0 saturated heterocycles. The first-order valence-electron chi connectivity index (χ1n) is 8.33. The first-order valence-corrected chi connectivity index (χ1v) is 9.08. The number of carbonyl (C=O) groups excluding carboxylic acids is 1. The van der Waals surface area contributed by atoms with Gasteiger partial charge in [-0.3, -0.25) is 14.2 Å². The molecule has 0 bridgehead atoms. The second-order valence-corrected chi connectivity index (χ2v) is 6.85. The molecule has 6 nitrogen and oxygen atoms in total. The predicted molar refractivity (Wildman–Crippen MR) is 103 cm³/mol. The lowest BCUT2D eigenvalue weighted by Crippen LogP contribution is -2.15. The van der Waals surface area contributed by atoms with Crippen LogP contribution in [0.2, 0.25) is 10.0 Å². The van der Waals surface area contributed by atoms with Gasteiger partial charge in [0.25, 0.3) is 5.91 Å². The normalized spacial score (nSPS) is 11.0. The minimum atomic E-state index is -0.432. The number of nitrogens with zero attached hydrogens (tertiary/aromatic N) is 4. The SMILES string of the molecule is CCn1nc(C)c(C(=O)Nc2nn(Cc3c(F)cccc3Cl)cc2Cl)c1C. The first kappa shape index (κ1) is 19.4. The minimum Gasteiger partial charge on any atom is -0.304 e. The lowest BCUT2D eigenvalue weighted by atomic mass is 10.2. The van der Waals surface area contributed by atoms with Crippen LogP contribution in [-0.2, 0) is 13.1 Å². The average molecular weight is 410 g/mol. The van der Waals surface area contributed by atoms with E-state index in [2.05, 4.69) is 15.5 Å². The second-order valence-electron chi connectivity index (χ2n) is 6.04.